The number of aryl methyl sites for hydroxylation is 1. The molecule has 122 valence electrons. The quantitative estimate of drug-likeness (QED) is 0.942. The number of hydrogen-bond donors (Lipinski definition) is 1. The van der Waals surface area contributed by atoms with E-state index in [-0.39, 0.29) is 5.91 Å². The Kier molecular flexibility index (Phi) is 3.81. The first kappa shape index (κ1) is 14.7. The third kappa shape index (κ3) is 3.24. The van der Waals surface area contributed by atoms with E-state index in [1.54, 1.807) is 0 Å². The van der Waals surface area contributed by atoms with Crippen LogP contribution >= 0.6 is 0 Å². The molecular weight excluding hydrogens is 288 g/mol. The summed E-state index contributed by atoms with van der Waals surface area (Å²) < 4.78 is 1.99. The van der Waals surface area contributed by atoms with Gasteiger partial charge in [-0.1, -0.05) is 0 Å². The van der Waals surface area contributed by atoms with Crippen LogP contribution in [0.5, 0.6) is 0 Å². The van der Waals surface area contributed by atoms with Gasteiger partial charge in [-0.25, -0.2) is 4.98 Å². The highest BCUT2D eigenvalue weighted by Crippen LogP contribution is 2.30. The van der Waals surface area contributed by atoms with Gasteiger partial charge in [-0.3, -0.25) is 4.79 Å². The fraction of sp³-hybridized carbons (Fsp3) is 0.556. The lowest BCUT2D eigenvalue weighted by Gasteiger charge is -2.32. The van der Waals surface area contributed by atoms with Crippen molar-refractivity contribution in [2.45, 2.75) is 38.6 Å². The lowest BCUT2D eigenvalue weighted by molar-refractivity contribution is 0.0909. The van der Waals surface area contributed by atoms with E-state index in [1.165, 1.54) is 19.4 Å². The molecule has 5 heteroatoms. The van der Waals surface area contributed by atoms with Gasteiger partial charge in [0.05, 0.1) is 0 Å². The van der Waals surface area contributed by atoms with Crippen LogP contribution in [0.4, 0.5) is 0 Å². The van der Waals surface area contributed by atoms with Crippen molar-refractivity contribution in [1.29, 1.82) is 0 Å². The molecule has 5 nitrogen and oxygen atoms in total. The van der Waals surface area contributed by atoms with Crippen molar-refractivity contribution in [3.05, 3.63) is 35.8 Å². The van der Waals surface area contributed by atoms with Gasteiger partial charge in [0.2, 0.25) is 0 Å². The van der Waals surface area contributed by atoms with Crippen LogP contribution in [0, 0.1) is 12.8 Å². The normalized spacial score (nSPS) is 20.0. The van der Waals surface area contributed by atoms with Gasteiger partial charge in [0.25, 0.3) is 5.91 Å². The zero-order chi connectivity index (χ0) is 15.8. The van der Waals surface area contributed by atoms with Gasteiger partial charge in [-0.15, -0.1) is 0 Å². The summed E-state index contributed by atoms with van der Waals surface area (Å²) >= 11 is 0. The highest BCUT2D eigenvalue weighted by Gasteiger charge is 2.27. The van der Waals surface area contributed by atoms with Crippen LogP contribution in [0.25, 0.3) is 5.65 Å². The van der Waals surface area contributed by atoms with E-state index in [0.29, 0.717) is 11.6 Å². The van der Waals surface area contributed by atoms with E-state index >= 15 is 0 Å². The minimum atomic E-state index is 0.0220. The Morgan fingerprint density at radius 3 is 2.83 bits per heavy atom. The largest absolute Gasteiger partial charge is 0.349 e. The zero-order valence-corrected chi connectivity index (χ0v) is 13.7. The third-order valence-electron chi connectivity index (χ3n) is 5.10. The molecule has 2 fully saturated rings. The number of likely N-dealkylation sites (tertiary alicyclic amines) is 1. The first-order chi connectivity index (χ1) is 11.2. The number of aromatic nitrogens is 2. The molecule has 1 aliphatic carbocycles. The van der Waals surface area contributed by atoms with Gasteiger partial charge in [0.15, 0.2) is 0 Å². The Morgan fingerprint density at radius 2 is 2.09 bits per heavy atom. The van der Waals surface area contributed by atoms with Gasteiger partial charge in [0.1, 0.15) is 5.65 Å². The molecule has 0 bridgehead atoms. The second-order valence-electron chi connectivity index (χ2n) is 7.03. The molecule has 2 aromatic rings. The van der Waals surface area contributed by atoms with E-state index in [9.17, 15) is 4.79 Å². The molecule has 0 radical (unpaired) electrons. The fourth-order valence-corrected chi connectivity index (χ4v) is 3.44. The predicted octanol–water partition coefficient (Wildman–Crippen LogP) is 2.25. The van der Waals surface area contributed by atoms with Crippen LogP contribution in [0.3, 0.4) is 0 Å². The molecule has 1 saturated carbocycles. The van der Waals surface area contributed by atoms with E-state index in [1.807, 2.05) is 35.9 Å². The summed E-state index contributed by atoms with van der Waals surface area (Å²) in [6, 6.07) is 4.04. The first-order valence-corrected chi connectivity index (χ1v) is 8.66. The highest BCUT2D eigenvalue weighted by atomic mass is 16.1. The summed E-state index contributed by atoms with van der Waals surface area (Å²) in [6.07, 6.45) is 8.68. The lowest BCUT2D eigenvalue weighted by atomic mass is 10.0. The van der Waals surface area contributed by atoms with Crippen molar-refractivity contribution in [2.75, 3.05) is 19.6 Å². The Labute approximate surface area is 136 Å². The van der Waals surface area contributed by atoms with Gasteiger partial charge in [-0.2, -0.15) is 0 Å². The maximum absolute atomic E-state index is 12.5. The van der Waals surface area contributed by atoms with Crippen molar-refractivity contribution in [3.8, 4) is 0 Å². The topological polar surface area (TPSA) is 49.6 Å². The van der Waals surface area contributed by atoms with Crippen molar-refractivity contribution < 1.29 is 4.79 Å². The minimum Gasteiger partial charge on any atom is -0.349 e. The molecule has 1 amide bonds. The molecule has 1 N–H and O–H groups in total. The summed E-state index contributed by atoms with van der Waals surface area (Å²) in [6.45, 7) is 5.49. The molecule has 2 aliphatic rings. The lowest BCUT2D eigenvalue weighted by Crippen LogP contribution is -2.45. The van der Waals surface area contributed by atoms with Gasteiger partial charge in [-0.05, 0) is 50.7 Å². The molecule has 0 aromatic carbocycles. The summed E-state index contributed by atoms with van der Waals surface area (Å²) in [5.74, 6) is 0.972. The van der Waals surface area contributed by atoms with Gasteiger partial charge >= 0.3 is 0 Å². The molecule has 1 saturated heterocycles. The Morgan fingerprint density at radius 1 is 1.30 bits per heavy atom. The first-order valence-electron chi connectivity index (χ1n) is 8.66. The van der Waals surface area contributed by atoms with Gasteiger partial charge < -0.3 is 14.6 Å². The Balaban J connectivity index is 1.35. The van der Waals surface area contributed by atoms with Crippen LogP contribution in [-0.2, 0) is 0 Å². The molecule has 1 aliphatic heterocycles. The summed E-state index contributed by atoms with van der Waals surface area (Å²) in [4.78, 5) is 19.4. The molecule has 23 heavy (non-hydrogen) atoms. The van der Waals surface area contributed by atoms with E-state index in [0.717, 1.165) is 43.2 Å². The molecule has 0 atom stereocenters. The predicted molar refractivity (Wildman–Crippen MR) is 89.6 cm³/mol. The number of hydrogen-bond acceptors (Lipinski definition) is 3. The molecular formula is C18H24N4O. The number of rotatable bonds is 4. The average molecular weight is 312 g/mol. The van der Waals surface area contributed by atoms with Crippen molar-refractivity contribution >= 4 is 11.6 Å². The number of piperidine rings is 1. The third-order valence-corrected chi connectivity index (χ3v) is 5.10. The van der Waals surface area contributed by atoms with Crippen molar-refractivity contribution in [1.82, 2.24) is 19.6 Å². The maximum atomic E-state index is 12.5. The number of carbonyl (C=O) groups excluding carboxylic acids is 1. The monoisotopic (exact) mass is 312 g/mol. The summed E-state index contributed by atoms with van der Waals surface area (Å²) in [5.41, 5.74) is 2.60. The van der Waals surface area contributed by atoms with Crippen LogP contribution in [0.2, 0.25) is 0 Å². The van der Waals surface area contributed by atoms with E-state index in [2.05, 4.69) is 15.2 Å². The number of pyridine rings is 1. The van der Waals surface area contributed by atoms with E-state index < -0.39 is 0 Å². The summed E-state index contributed by atoms with van der Waals surface area (Å²) in [7, 11) is 0. The van der Waals surface area contributed by atoms with E-state index in [4.69, 9.17) is 0 Å². The molecule has 2 aromatic heterocycles. The van der Waals surface area contributed by atoms with Crippen molar-refractivity contribution in [2.24, 2.45) is 5.92 Å². The standard InChI is InChI=1S/C18H24N4O/c1-13-11-19-17-10-15(4-9-22(13)17)18(23)20-16-5-7-21(8-6-16)12-14-2-3-14/h4,9-11,14,16H,2-3,5-8,12H2,1H3,(H,20,23). The van der Waals surface area contributed by atoms with Crippen molar-refractivity contribution in [3.63, 3.8) is 0 Å². The minimum absolute atomic E-state index is 0.0220. The summed E-state index contributed by atoms with van der Waals surface area (Å²) in [5, 5.41) is 3.19. The Hall–Kier alpha value is -1.88. The average Bonchev–Trinajstić information content (AvgIpc) is 3.31. The van der Waals surface area contributed by atoms with Gasteiger partial charge in [0, 0.05) is 49.3 Å². The highest BCUT2D eigenvalue weighted by molar-refractivity contribution is 5.95. The number of nitrogens with zero attached hydrogens (tertiary/aromatic N) is 3. The Bertz CT molecular complexity index is 711. The molecule has 4 rings (SSSR count). The number of nitrogens with one attached hydrogen (secondary N) is 1. The second-order valence-corrected chi connectivity index (χ2v) is 7.03. The molecule has 0 unspecified atom stereocenters. The van der Waals surface area contributed by atoms with Crippen LogP contribution < -0.4 is 5.32 Å². The van der Waals surface area contributed by atoms with Crippen LogP contribution in [0.1, 0.15) is 41.7 Å². The van der Waals surface area contributed by atoms with Crippen LogP contribution in [0.15, 0.2) is 24.5 Å². The number of amides is 1. The molecule has 3 heterocycles. The maximum Gasteiger partial charge on any atom is 0.251 e. The fourth-order valence-electron chi connectivity index (χ4n) is 3.44. The zero-order valence-electron chi connectivity index (χ0n) is 13.7. The smallest absolute Gasteiger partial charge is 0.251 e. The molecule has 0 spiro atoms. The number of fused-ring (bicyclic) bond motifs is 1. The number of imidazole rings is 1. The number of carbonyl (C=O) groups is 1. The SMILES string of the molecule is Cc1cnc2cc(C(=O)NC3CCN(CC4CC4)CC3)ccn12. The second kappa shape index (κ2) is 5.96. The van der Waals surface area contributed by atoms with Crippen LogP contribution in [-0.4, -0.2) is 45.9 Å².